The van der Waals surface area contributed by atoms with Gasteiger partial charge in [0.25, 0.3) is 0 Å². The quantitative estimate of drug-likeness (QED) is 0.324. The maximum Gasteiger partial charge on any atom is 0.573 e. The predicted molar refractivity (Wildman–Crippen MR) is 109 cm³/mol. The van der Waals surface area contributed by atoms with Crippen molar-refractivity contribution in [3.63, 3.8) is 0 Å². The molecule has 0 radical (unpaired) electrons. The van der Waals surface area contributed by atoms with Crippen LogP contribution < -0.4 is 15.4 Å². The lowest BCUT2D eigenvalue weighted by Crippen LogP contribution is -2.20. The number of amides is 2. The largest absolute Gasteiger partial charge is 0.573 e. The monoisotopic (exact) mass is 429 g/mol. The van der Waals surface area contributed by atoms with Gasteiger partial charge in [-0.05, 0) is 54.6 Å². The lowest BCUT2D eigenvalue weighted by Gasteiger charge is -2.12. The number of carbonyl (C=O) groups excluding carboxylic acids is 1. The molecule has 5 nitrogen and oxygen atoms in total. The molecule has 0 unspecified atom stereocenters. The SMILES string of the molecule is O=C(Nc1ccc(OC(F)(F)F)cc1)Nc1cc(F)ccc1-c1cc2ccccc2[nH]1. The summed E-state index contributed by atoms with van der Waals surface area (Å²) in [6.45, 7) is 0. The highest BCUT2D eigenvalue weighted by Crippen LogP contribution is 2.31. The van der Waals surface area contributed by atoms with Crippen LogP contribution in [0.4, 0.5) is 33.7 Å². The average molecular weight is 429 g/mol. The zero-order chi connectivity index (χ0) is 22.0. The van der Waals surface area contributed by atoms with Gasteiger partial charge < -0.3 is 20.4 Å². The topological polar surface area (TPSA) is 66.2 Å². The van der Waals surface area contributed by atoms with Crippen LogP contribution >= 0.6 is 0 Å². The number of hydrogen-bond donors (Lipinski definition) is 3. The van der Waals surface area contributed by atoms with Crippen LogP contribution in [0.25, 0.3) is 22.2 Å². The number of aromatic nitrogens is 1. The fourth-order valence-corrected chi connectivity index (χ4v) is 3.10. The molecule has 1 heterocycles. The number of carbonyl (C=O) groups is 1. The Bertz CT molecular complexity index is 1200. The number of benzene rings is 3. The van der Waals surface area contributed by atoms with E-state index < -0.39 is 24.0 Å². The number of halogens is 4. The van der Waals surface area contributed by atoms with E-state index >= 15 is 0 Å². The molecule has 3 N–H and O–H groups in total. The maximum atomic E-state index is 13.8. The Morgan fingerprint density at radius 1 is 0.903 bits per heavy atom. The standard InChI is InChI=1S/C22H15F4N3O2/c23-14-5-10-17(19-11-13-3-1-2-4-18(13)28-19)20(12-14)29-21(30)27-15-6-8-16(9-7-15)31-22(24,25)26/h1-12,28H,(H2,27,29,30). The normalized spacial score (nSPS) is 11.4. The zero-order valence-corrected chi connectivity index (χ0v) is 15.8. The Hall–Kier alpha value is -4.01. The number of ether oxygens (including phenoxy) is 1. The van der Waals surface area contributed by atoms with E-state index in [1.807, 2.05) is 30.3 Å². The highest BCUT2D eigenvalue weighted by Gasteiger charge is 2.31. The summed E-state index contributed by atoms with van der Waals surface area (Å²) in [7, 11) is 0. The van der Waals surface area contributed by atoms with Gasteiger partial charge in [0.15, 0.2) is 0 Å². The molecule has 0 spiro atoms. The van der Waals surface area contributed by atoms with Crippen molar-refractivity contribution >= 4 is 28.3 Å². The molecule has 0 aliphatic carbocycles. The first-order chi connectivity index (χ1) is 14.8. The molecule has 2 amide bonds. The Kier molecular flexibility index (Phi) is 5.24. The number of para-hydroxylation sites is 1. The second-order valence-corrected chi connectivity index (χ2v) is 6.61. The van der Waals surface area contributed by atoms with Crippen LogP contribution in [0.15, 0.2) is 72.8 Å². The highest BCUT2D eigenvalue weighted by atomic mass is 19.4. The Balaban J connectivity index is 1.52. The van der Waals surface area contributed by atoms with Crippen molar-refractivity contribution in [3.8, 4) is 17.0 Å². The van der Waals surface area contributed by atoms with Gasteiger partial charge >= 0.3 is 12.4 Å². The minimum atomic E-state index is -4.80. The van der Waals surface area contributed by atoms with Gasteiger partial charge in [-0.1, -0.05) is 18.2 Å². The number of H-pyrrole nitrogens is 1. The second-order valence-electron chi connectivity index (χ2n) is 6.61. The van der Waals surface area contributed by atoms with Gasteiger partial charge in [0.2, 0.25) is 0 Å². The van der Waals surface area contributed by atoms with Crippen molar-refractivity contribution in [3.05, 3.63) is 78.6 Å². The number of anilines is 2. The molecule has 31 heavy (non-hydrogen) atoms. The van der Waals surface area contributed by atoms with Crippen LogP contribution in [0.5, 0.6) is 5.75 Å². The summed E-state index contributed by atoms with van der Waals surface area (Å²) in [5.41, 5.74) is 2.60. The minimum absolute atomic E-state index is 0.223. The van der Waals surface area contributed by atoms with E-state index in [2.05, 4.69) is 20.4 Å². The van der Waals surface area contributed by atoms with E-state index in [0.29, 0.717) is 11.3 Å². The van der Waals surface area contributed by atoms with Crippen molar-refractivity contribution in [2.24, 2.45) is 0 Å². The van der Waals surface area contributed by atoms with Gasteiger partial charge in [0.05, 0.1) is 5.69 Å². The summed E-state index contributed by atoms with van der Waals surface area (Å²) in [5, 5.41) is 6.02. The molecule has 4 aromatic rings. The van der Waals surface area contributed by atoms with Crippen molar-refractivity contribution < 1.29 is 27.1 Å². The van der Waals surface area contributed by atoms with E-state index in [1.165, 1.54) is 24.3 Å². The van der Waals surface area contributed by atoms with Gasteiger partial charge in [-0.15, -0.1) is 13.2 Å². The zero-order valence-electron chi connectivity index (χ0n) is 15.8. The van der Waals surface area contributed by atoms with Crippen LogP contribution in [0.1, 0.15) is 0 Å². The summed E-state index contributed by atoms with van der Waals surface area (Å²) in [6.07, 6.45) is -4.80. The molecule has 0 bridgehead atoms. The summed E-state index contributed by atoms with van der Waals surface area (Å²) in [5.74, 6) is -0.950. The summed E-state index contributed by atoms with van der Waals surface area (Å²) in [6, 6.07) is 17.4. The van der Waals surface area contributed by atoms with Crippen molar-refractivity contribution in [1.82, 2.24) is 4.98 Å². The third kappa shape index (κ3) is 4.95. The van der Waals surface area contributed by atoms with Crippen molar-refractivity contribution in [2.75, 3.05) is 10.6 Å². The minimum Gasteiger partial charge on any atom is -0.406 e. The number of aromatic amines is 1. The number of rotatable bonds is 4. The van der Waals surface area contributed by atoms with Gasteiger partial charge in [-0.3, -0.25) is 0 Å². The van der Waals surface area contributed by atoms with Crippen LogP contribution in [0, 0.1) is 5.82 Å². The lowest BCUT2D eigenvalue weighted by atomic mass is 10.1. The molecule has 0 aliphatic rings. The number of nitrogens with one attached hydrogen (secondary N) is 3. The van der Waals surface area contributed by atoms with Gasteiger partial charge in [0.1, 0.15) is 11.6 Å². The van der Waals surface area contributed by atoms with Gasteiger partial charge in [0, 0.05) is 27.8 Å². The number of urea groups is 1. The third-order valence-electron chi connectivity index (χ3n) is 4.40. The Morgan fingerprint density at radius 3 is 2.35 bits per heavy atom. The molecule has 9 heteroatoms. The first-order valence-corrected chi connectivity index (χ1v) is 9.08. The highest BCUT2D eigenvalue weighted by molar-refractivity contribution is 6.02. The molecule has 0 aliphatic heterocycles. The molecular formula is C22H15F4N3O2. The fraction of sp³-hybridized carbons (Fsp3) is 0.0455. The van der Waals surface area contributed by atoms with E-state index in [-0.39, 0.29) is 11.4 Å². The van der Waals surface area contributed by atoms with E-state index in [0.717, 1.165) is 23.0 Å². The van der Waals surface area contributed by atoms with Crippen LogP contribution in [0.2, 0.25) is 0 Å². The smallest absolute Gasteiger partial charge is 0.406 e. The second kappa shape index (κ2) is 8.02. The van der Waals surface area contributed by atoms with Crippen LogP contribution in [-0.4, -0.2) is 17.4 Å². The fourth-order valence-electron chi connectivity index (χ4n) is 3.10. The summed E-state index contributed by atoms with van der Waals surface area (Å²) < 4.78 is 54.3. The number of fused-ring (bicyclic) bond motifs is 1. The molecular weight excluding hydrogens is 414 g/mol. The molecule has 0 saturated heterocycles. The van der Waals surface area contributed by atoms with E-state index in [4.69, 9.17) is 0 Å². The molecule has 158 valence electrons. The third-order valence-corrected chi connectivity index (χ3v) is 4.40. The van der Waals surface area contributed by atoms with E-state index in [9.17, 15) is 22.4 Å². The molecule has 1 aromatic heterocycles. The van der Waals surface area contributed by atoms with Crippen LogP contribution in [0.3, 0.4) is 0 Å². The molecule has 0 saturated carbocycles. The van der Waals surface area contributed by atoms with E-state index in [1.54, 1.807) is 6.07 Å². The first-order valence-electron chi connectivity index (χ1n) is 9.08. The summed E-state index contributed by atoms with van der Waals surface area (Å²) in [4.78, 5) is 15.6. The Labute approximate surface area is 173 Å². The molecule has 4 rings (SSSR count). The molecule has 0 atom stereocenters. The first kappa shape index (κ1) is 20.3. The van der Waals surface area contributed by atoms with Gasteiger partial charge in [-0.25, -0.2) is 9.18 Å². The lowest BCUT2D eigenvalue weighted by molar-refractivity contribution is -0.274. The molecule has 3 aromatic carbocycles. The molecule has 0 fully saturated rings. The maximum absolute atomic E-state index is 13.8. The van der Waals surface area contributed by atoms with Crippen molar-refractivity contribution in [1.29, 1.82) is 0 Å². The van der Waals surface area contributed by atoms with Crippen LogP contribution in [-0.2, 0) is 0 Å². The summed E-state index contributed by atoms with van der Waals surface area (Å²) >= 11 is 0. The number of alkyl halides is 3. The Morgan fingerprint density at radius 2 is 1.65 bits per heavy atom. The van der Waals surface area contributed by atoms with Crippen molar-refractivity contribution in [2.45, 2.75) is 6.36 Å². The van der Waals surface area contributed by atoms with Gasteiger partial charge in [-0.2, -0.15) is 0 Å². The predicted octanol–water partition coefficient (Wildman–Crippen LogP) is 6.52. The number of hydrogen-bond acceptors (Lipinski definition) is 2. The average Bonchev–Trinajstić information content (AvgIpc) is 3.12.